The molecule has 0 aromatic rings. The monoisotopic (exact) mass is 286 g/mol. The summed E-state index contributed by atoms with van der Waals surface area (Å²) in [6.07, 6.45) is 3.42. The van der Waals surface area contributed by atoms with Gasteiger partial charge in [0.1, 0.15) is 6.04 Å². The molecule has 2 atom stereocenters. The van der Waals surface area contributed by atoms with Gasteiger partial charge in [-0.2, -0.15) is 0 Å². The summed E-state index contributed by atoms with van der Waals surface area (Å²) >= 11 is 1.56. The quantitative estimate of drug-likeness (QED) is 0.761. The second-order valence-electron chi connectivity index (χ2n) is 4.45. The lowest BCUT2D eigenvalue weighted by molar-refractivity contribution is -0.141. The molecule has 0 aromatic heterocycles. The van der Waals surface area contributed by atoms with Crippen molar-refractivity contribution in [1.29, 1.82) is 0 Å². The number of rotatable bonds is 6. The predicted molar refractivity (Wildman–Crippen MR) is 77.3 cm³/mol. The normalized spacial score (nSPS) is 22.3. The second kappa shape index (κ2) is 7.43. The molecule has 0 saturated carbocycles. The number of hydrogen-bond acceptors (Lipinski definition) is 3. The first-order chi connectivity index (χ1) is 9.06. The number of aliphatic carboxylic acids is 1. The molecule has 5 nitrogen and oxygen atoms in total. The van der Waals surface area contributed by atoms with Gasteiger partial charge in [0.25, 0.3) is 0 Å². The van der Waals surface area contributed by atoms with Crippen LogP contribution < -0.4 is 0 Å². The Morgan fingerprint density at radius 2 is 2.21 bits per heavy atom. The Kier molecular flexibility index (Phi) is 6.21. The van der Waals surface area contributed by atoms with Gasteiger partial charge in [-0.1, -0.05) is 19.4 Å². The topological polar surface area (TPSA) is 60.9 Å². The zero-order chi connectivity index (χ0) is 14.4. The van der Waals surface area contributed by atoms with Gasteiger partial charge in [-0.25, -0.2) is 9.59 Å². The molecular weight excluding hydrogens is 264 g/mol. The molecule has 1 aliphatic rings. The van der Waals surface area contributed by atoms with E-state index in [1.807, 2.05) is 13.8 Å². The average Bonchev–Trinajstić information content (AvgIpc) is 2.79. The third kappa shape index (κ3) is 3.65. The van der Waals surface area contributed by atoms with Gasteiger partial charge in [-0.3, -0.25) is 4.90 Å². The number of carbonyl (C=O) groups excluding carboxylic acids is 1. The molecule has 1 aliphatic heterocycles. The Bertz CT molecular complexity index is 349. The van der Waals surface area contributed by atoms with Crippen LogP contribution in [0.4, 0.5) is 4.79 Å². The van der Waals surface area contributed by atoms with Crippen LogP contribution in [0.3, 0.4) is 0 Å². The molecular formula is C13H22N2O3S. The van der Waals surface area contributed by atoms with Crippen LogP contribution in [0.25, 0.3) is 0 Å². The zero-order valence-corrected chi connectivity index (χ0v) is 12.4. The van der Waals surface area contributed by atoms with Crippen LogP contribution in [0.15, 0.2) is 12.7 Å². The molecule has 2 unspecified atom stereocenters. The van der Waals surface area contributed by atoms with E-state index in [1.165, 1.54) is 4.90 Å². The highest BCUT2D eigenvalue weighted by Gasteiger charge is 2.42. The SMILES string of the molecule is C=CCN(CC)C(=O)N1C(CCC)SCC1C(=O)O. The van der Waals surface area contributed by atoms with Gasteiger partial charge in [0.15, 0.2) is 0 Å². The van der Waals surface area contributed by atoms with Gasteiger partial charge in [0.2, 0.25) is 0 Å². The fourth-order valence-corrected chi connectivity index (χ4v) is 3.65. The number of amides is 2. The van der Waals surface area contributed by atoms with Crippen LogP contribution in [0.5, 0.6) is 0 Å². The molecule has 1 N–H and O–H groups in total. The second-order valence-corrected chi connectivity index (χ2v) is 5.66. The minimum absolute atomic E-state index is 0.0301. The minimum atomic E-state index is -0.922. The van der Waals surface area contributed by atoms with Crippen molar-refractivity contribution in [3.05, 3.63) is 12.7 Å². The number of urea groups is 1. The predicted octanol–water partition coefficient (Wildman–Crippen LogP) is 2.24. The Morgan fingerprint density at radius 3 is 2.68 bits per heavy atom. The van der Waals surface area contributed by atoms with Crippen molar-refractivity contribution in [1.82, 2.24) is 9.80 Å². The highest BCUT2D eigenvalue weighted by atomic mass is 32.2. The molecule has 1 saturated heterocycles. The first kappa shape index (κ1) is 15.9. The summed E-state index contributed by atoms with van der Waals surface area (Å²) in [4.78, 5) is 26.9. The smallest absolute Gasteiger partial charge is 0.327 e. The van der Waals surface area contributed by atoms with Gasteiger partial charge in [-0.05, 0) is 13.3 Å². The molecule has 0 radical (unpaired) electrons. The van der Waals surface area contributed by atoms with E-state index < -0.39 is 12.0 Å². The lowest BCUT2D eigenvalue weighted by Crippen LogP contribution is -2.51. The standard InChI is InChI=1S/C13H22N2O3S/c1-4-7-11-15(10(9-19-11)12(16)17)13(18)14(6-3)8-5-2/h5,10-11H,2,4,6-9H2,1,3H3,(H,16,17). The van der Waals surface area contributed by atoms with Crippen molar-refractivity contribution < 1.29 is 14.7 Å². The van der Waals surface area contributed by atoms with Gasteiger partial charge >= 0.3 is 12.0 Å². The van der Waals surface area contributed by atoms with E-state index in [0.717, 1.165) is 12.8 Å². The Hall–Kier alpha value is -1.17. The third-order valence-electron chi connectivity index (χ3n) is 3.14. The molecule has 108 valence electrons. The number of thioether (sulfide) groups is 1. The van der Waals surface area contributed by atoms with Crippen LogP contribution >= 0.6 is 11.8 Å². The Labute approximate surface area is 118 Å². The van der Waals surface area contributed by atoms with E-state index in [4.69, 9.17) is 0 Å². The summed E-state index contributed by atoms with van der Waals surface area (Å²) in [5.74, 6) is -0.452. The van der Waals surface area contributed by atoms with Crippen LogP contribution in [0.1, 0.15) is 26.7 Å². The largest absolute Gasteiger partial charge is 0.480 e. The zero-order valence-electron chi connectivity index (χ0n) is 11.5. The van der Waals surface area contributed by atoms with E-state index in [-0.39, 0.29) is 11.4 Å². The van der Waals surface area contributed by atoms with E-state index in [1.54, 1.807) is 22.7 Å². The number of carbonyl (C=O) groups is 2. The van der Waals surface area contributed by atoms with Crippen molar-refractivity contribution >= 4 is 23.8 Å². The molecule has 0 aromatic carbocycles. The summed E-state index contributed by atoms with van der Waals surface area (Å²) in [6.45, 7) is 8.56. The van der Waals surface area contributed by atoms with Gasteiger partial charge in [-0.15, -0.1) is 18.3 Å². The maximum Gasteiger partial charge on any atom is 0.327 e. The van der Waals surface area contributed by atoms with Crippen LogP contribution in [-0.4, -0.2) is 57.2 Å². The highest BCUT2D eigenvalue weighted by Crippen LogP contribution is 2.33. The van der Waals surface area contributed by atoms with Gasteiger partial charge in [0, 0.05) is 18.8 Å². The first-order valence-corrected chi connectivity index (χ1v) is 7.64. The lowest BCUT2D eigenvalue weighted by atomic mass is 10.2. The Morgan fingerprint density at radius 1 is 1.53 bits per heavy atom. The van der Waals surface area contributed by atoms with Crippen molar-refractivity contribution in [3.63, 3.8) is 0 Å². The fourth-order valence-electron chi connectivity index (χ4n) is 2.14. The Balaban J connectivity index is 2.90. The number of hydrogen-bond donors (Lipinski definition) is 1. The molecule has 1 fully saturated rings. The maximum absolute atomic E-state index is 12.5. The van der Waals surface area contributed by atoms with Crippen molar-refractivity contribution in [2.75, 3.05) is 18.8 Å². The summed E-state index contributed by atoms with van der Waals surface area (Å²) in [6, 6.07) is -0.911. The molecule has 0 aliphatic carbocycles. The van der Waals surface area contributed by atoms with Crippen LogP contribution in [-0.2, 0) is 4.79 Å². The number of nitrogens with zero attached hydrogens (tertiary/aromatic N) is 2. The molecule has 0 bridgehead atoms. The van der Waals surface area contributed by atoms with Crippen molar-refractivity contribution in [2.45, 2.75) is 38.1 Å². The van der Waals surface area contributed by atoms with E-state index in [9.17, 15) is 14.7 Å². The average molecular weight is 286 g/mol. The van der Waals surface area contributed by atoms with Crippen molar-refractivity contribution in [2.24, 2.45) is 0 Å². The van der Waals surface area contributed by atoms with E-state index in [0.29, 0.717) is 18.8 Å². The first-order valence-electron chi connectivity index (χ1n) is 6.59. The molecule has 0 spiro atoms. The third-order valence-corrected chi connectivity index (χ3v) is 4.49. The van der Waals surface area contributed by atoms with E-state index in [2.05, 4.69) is 6.58 Å². The maximum atomic E-state index is 12.5. The van der Waals surface area contributed by atoms with Crippen LogP contribution in [0.2, 0.25) is 0 Å². The number of carboxylic acid groups (broad SMARTS) is 1. The molecule has 6 heteroatoms. The lowest BCUT2D eigenvalue weighted by Gasteiger charge is -2.32. The van der Waals surface area contributed by atoms with Crippen molar-refractivity contribution in [3.8, 4) is 0 Å². The minimum Gasteiger partial charge on any atom is -0.480 e. The van der Waals surface area contributed by atoms with E-state index >= 15 is 0 Å². The number of carboxylic acids is 1. The molecule has 19 heavy (non-hydrogen) atoms. The summed E-state index contributed by atoms with van der Waals surface area (Å²) in [7, 11) is 0. The highest BCUT2D eigenvalue weighted by molar-refractivity contribution is 8.00. The molecule has 2 amide bonds. The summed E-state index contributed by atoms with van der Waals surface area (Å²) in [5.41, 5.74) is 0. The summed E-state index contributed by atoms with van der Waals surface area (Å²) in [5, 5.41) is 9.23. The van der Waals surface area contributed by atoms with Gasteiger partial charge in [0.05, 0.1) is 5.37 Å². The fraction of sp³-hybridized carbons (Fsp3) is 0.692. The summed E-state index contributed by atoms with van der Waals surface area (Å²) < 4.78 is 0. The van der Waals surface area contributed by atoms with Gasteiger partial charge < -0.3 is 10.0 Å². The van der Waals surface area contributed by atoms with Crippen LogP contribution in [0, 0.1) is 0 Å². The number of likely N-dealkylation sites (N-methyl/N-ethyl adjacent to an activating group) is 1. The molecule has 1 rings (SSSR count). The molecule has 1 heterocycles.